The Morgan fingerprint density at radius 3 is 2.26 bits per heavy atom. The monoisotopic (exact) mass is 389 g/mol. The van der Waals surface area contributed by atoms with Crippen molar-refractivity contribution in [1.82, 2.24) is 10.3 Å². The number of carbonyl (C=O) groups excluding carboxylic acids is 2. The summed E-state index contributed by atoms with van der Waals surface area (Å²) < 4.78 is 0. The Morgan fingerprint density at radius 1 is 1.15 bits per heavy atom. The summed E-state index contributed by atoms with van der Waals surface area (Å²) in [6.45, 7) is 6.72. The molecular weight excluding hydrogens is 358 g/mol. The SMILES string of the molecule is CC(C)(C)c1csc(NC(=O)CCNC(=O)C23CC4CC(CC(C4)C2)C3)n1. The van der Waals surface area contributed by atoms with Gasteiger partial charge in [0.25, 0.3) is 0 Å². The number of nitrogens with one attached hydrogen (secondary N) is 2. The van der Waals surface area contributed by atoms with E-state index in [1.54, 1.807) is 0 Å². The van der Waals surface area contributed by atoms with E-state index in [9.17, 15) is 9.59 Å². The van der Waals surface area contributed by atoms with E-state index in [0.717, 1.165) is 42.7 Å². The first-order valence-corrected chi connectivity index (χ1v) is 11.2. The minimum atomic E-state index is -0.137. The van der Waals surface area contributed by atoms with Gasteiger partial charge in [-0.2, -0.15) is 0 Å². The smallest absolute Gasteiger partial charge is 0.227 e. The molecule has 0 atom stereocenters. The van der Waals surface area contributed by atoms with Crippen LogP contribution in [0, 0.1) is 23.2 Å². The topological polar surface area (TPSA) is 71.1 Å². The lowest BCUT2D eigenvalue weighted by Gasteiger charge is -2.55. The third kappa shape index (κ3) is 3.91. The Hall–Kier alpha value is -1.43. The fraction of sp³-hybridized carbons (Fsp3) is 0.762. The molecule has 2 amide bonds. The van der Waals surface area contributed by atoms with E-state index in [1.807, 2.05) is 5.38 Å². The van der Waals surface area contributed by atoms with Crippen LogP contribution >= 0.6 is 11.3 Å². The van der Waals surface area contributed by atoms with Crippen molar-refractivity contribution >= 4 is 28.3 Å². The summed E-state index contributed by atoms with van der Waals surface area (Å²) in [6, 6.07) is 0. The molecule has 0 spiro atoms. The second kappa shape index (κ2) is 6.87. The molecule has 4 aliphatic rings. The van der Waals surface area contributed by atoms with Crippen LogP contribution in [0.2, 0.25) is 0 Å². The number of anilines is 1. The molecule has 2 N–H and O–H groups in total. The van der Waals surface area contributed by atoms with Crippen LogP contribution in [0.25, 0.3) is 0 Å². The van der Waals surface area contributed by atoms with Crippen LogP contribution in [0.5, 0.6) is 0 Å². The van der Waals surface area contributed by atoms with Crippen LogP contribution in [-0.4, -0.2) is 23.3 Å². The Morgan fingerprint density at radius 2 is 1.74 bits per heavy atom. The number of thiazole rings is 1. The fourth-order valence-electron chi connectivity index (χ4n) is 5.72. The highest BCUT2D eigenvalue weighted by Crippen LogP contribution is 2.60. The van der Waals surface area contributed by atoms with E-state index in [1.165, 1.54) is 30.6 Å². The lowest BCUT2D eigenvalue weighted by Crippen LogP contribution is -2.53. The number of hydrogen-bond donors (Lipinski definition) is 2. The van der Waals surface area contributed by atoms with Crippen LogP contribution in [-0.2, 0) is 15.0 Å². The van der Waals surface area contributed by atoms with Crippen LogP contribution in [0.3, 0.4) is 0 Å². The van der Waals surface area contributed by atoms with Gasteiger partial charge in [0, 0.05) is 29.2 Å². The van der Waals surface area contributed by atoms with Gasteiger partial charge in [-0.05, 0) is 56.3 Å². The highest BCUT2D eigenvalue weighted by molar-refractivity contribution is 7.13. The van der Waals surface area contributed by atoms with Gasteiger partial charge in [0.2, 0.25) is 11.8 Å². The quantitative estimate of drug-likeness (QED) is 0.796. The number of rotatable bonds is 5. The molecule has 4 bridgehead atoms. The largest absolute Gasteiger partial charge is 0.355 e. The predicted molar refractivity (Wildman–Crippen MR) is 108 cm³/mol. The van der Waals surface area contributed by atoms with Crippen LogP contribution in [0.1, 0.15) is 71.4 Å². The maximum absolute atomic E-state index is 12.9. The molecule has 0 saturated heterocycles. The van der Waals surface area contributed by atoms with Crippen molar-refractivity contribution in [3.8, 4) is 0 Å². The van der Waals surface area contributed by atoms with E-state index >= 15 is 0 Å². The van der Waals surface area contributed by atoms with Crippen LogP contribution in [0.15, 0.2) is 5.38 Å². The fourth-order valence-corrected chi connectivity index (χ4v) is 6.68. The third-order valence-electron chi connectivity index (χ3n) is 6.68. The number of hydrogen-bond acceptors (Lipinski definition) is 4. The first-order chi connectivity index (χ1) is 12.7. The molecule has 4 fully saturated rings. The second-order valence-corrected chi connectivity index (χ2v) is 10.9. The van der Waals surface area contributed by atoms with Gasteiger partial charge in [-0.3, -0.25) is 9.59 Å². The van der Waals surface area contributed by atoms with Gasteiger partial charge in [-0.15, -0.1) is 11.3 Å². The van der Waals surface area contributed by atoms with Gasteiger partial charge >= 0.3 is 0 Å². The van der Waals surface area contributed by atoms with E-state index in [0.29, 0.717) is 18.1 Å². The minimum Gasteiger partial charge on any atom is -0.355 e. The molecule has 0 aliphatic heterocycles. The van der Waals surface area contributed by atoms with Crippen LogP contribution in [0.4, 0.5) is 5.13 Å². The lowest BCUT2D eigenvalue weighted by molar-refractivity contribution is -0.146. The summed E-state index contributed by atoms with van der Waals surface area (Å²) >= 11 is 1.45. The Balaban J connectivity index is 1.25. The molecule has 6 heteroatoms. The summed E-state index contributed by atoms with van der Waals surface area (Å²) in [7, 11) is 0. The highest BCUT2D eigenvalue weighted by atomic mass is 32.1. The maximum atomic E-state index is 12.9. The number of aromatic nitrogens is 1. The molecule has 0 aromatic carbocycles. The average molecular weight is 390 g/mol. The van der Waals surface area contributed by atoms with Gasteiger partial charge in [0.1, 0.15) is 0 Å². The summed E-state index contributed by atoms with van der Waals surface area (Å²) in [6.07, 6.45) is 7.48. The summed E-state index contributed by atoms with van der Waals surface area (Å²) in [5.74, 6) is 2.38. The molecule has 27 heavy (non-hydrogen) atoms. The molecule has 0 unspecified atom stereocenters. The summed E-state index contributed by atoms with van der Waals surface area (Å²) in [4.78, 5) is 29.6. The van der Waals surface area contributed by atoms with Crippen molar-refractivity contribution in [3.63, 3.8) is 0 Å². The Bertz CT molecular complexity index is 699. The van der Waals surface area contributed by atoms with Gasteiger partial charge in [0.05, 0.1) is 5.69 Å². The van der Waals surface area contributed by atoms with Crippen molar-refractivity contribution in [1.29, 1.82) is 0 Å². The van der Waals surface area contributed by atoms with E-state index in [2.05, 4.69) is 36.4 Å². The summed E-state index contributed by atoms with van der Waals surface area (Å²) in [5.41, 5.74) is 0.825. The Labute approximate surface area is 165 Å². The van der Waals surface area contributed by atoms with Crippen molar-refractivity contribution in [2.45, 2.75) is 71.1 Å². The first kappa shape index (κ1) is 18.9. The molecular formula is C21H31N3O2S. The van der Waals surface area contributed by atoms with E-state index in [-0.39, 0.29) is 22.6 Å². The van der Waals surface area contributed by atoms with Gasteiger partial charge in [-0.25, -0.2) is 4.98 Å². The highest BCUT2D eigenvalue weighted by Gasteiger charge is 2.54. The van der Waals surface area contributed by atoms with Crippen molar-refractivity contribution < 1.29 is 9.59 Å². The number of nitrogens with zero attached hydrogens (tertiary/aromatic N) is 1. The average Bonchev–Trinajstić information content (AvgIpc) is 3.02. The number of amides is 2. The first-order valence-electron chi connectivity index (χ1n) is 10.3. The summed E-state index contributed by atoms with van der Waals surface area (Å²) in [5, 5.41) is 8.56. The van der Waals surface area contributed by atoms with Gasteiger partial charge in [-0.1, -0.05) is 20.8 Å². The zero-order valence-electron chi connectivity index (χ0n) is 16.6. The molecule has 1 aromatic rings. The Kier molecular flexibility index (Phi) is 4.81. The molecule has 4 saturated carbocycles. The lowest BCUT2D eigenvalue weighted by atomic mass is 9.49. The predicted octanol–water partition coefficient (Wildman–Crippen LogP) is 4.10. The molecule has 5 nitrogen and oxygen atoms in total. The minimum absolute atomic E-state index is 0.0225. The van der Waals surface area contributed by atoms with Gasteiger partial charge < -0.3 is 10.6 Å². The number of carbonyl (C=O) groups is 2. The molecule has 5 rings (SSSR count). The van der Waals surface area contributed by atoms with Crippen molar-refractivity contribution in [2.75, 3.05) is 11.9 Å². The molecule has 1 heterocycles. The molecule has 4 aliphatic carbocycles. The van der Waals surface area contributed by atoms with E-state index in [4.69, 9.17) is 0 Å². The molecule has 148 valence electrons. The molecule has 0 radical (unpaired) electrons. The standard InChI is InChI=1S/C21H31N3O2S/c1-20(2,3)16-12-27-19(23-16)24-17(25)4-5-22-18(26)21-9-13-6-14(10-21)8-15(7-13)11-21/h12-15H,4-11H2,1-3H3,(H,22,26)(H,23,24,25). The zero-order valence-corrected chi connectivity index (χ0v) is 17.5. The molecule has 1 aromatic heterocycles. The zero-order chi connectivity index (χ0) is 19.2. The van der Waals surface area contributed by atoms with Crippen molar-refractivity contribution in [3.05, 3.63) is 11.1 Å². The van der Waals surface area contributed by atoms with Crippen molar-refractivity contribution in [2.24, 2.45) is 23.2 Å². The van der Waals surface area contributed by atoms with Gasteiger partial charge in [0.15, 0.2) is 5.13 Å². The normalized spacial score (nSPS) is 31.7. The second-order valence-electron chi connectivity index (χ2n) is 10.0. The van der Waals surface area contributed by atoms with Crippen LogP contribution < -0.4 is 10.6 Å². The third-order valence-corrected chi connectivity index (χ3v) is 7.43. The van der Waals surface area contributed by atoms with E-state index < -0.39 is 0 Å². The maximum Gasteiger partial charge on any atom is 0.227 e.